The highest BCUT2D eigenvalue weighted by Gasteiger charge is 2.51. The highest BCUT2D eigenvalue weighted by molar-refractivity contribution is 5.73. The highest BCUT2D eigenvalue weighted by Crippen LogP contribution is 2.39. The van der Waals surface area contributed by atoms with Crippen molar-refractivity contribution in [3.05, 3.63) is 59.2 Å². The Kier molecular flexibility index (Phi) is 11.1. The number of halogens is 6. The topological polar surface area (TPSA) is 87.0 Å². The third kappa shape index (κ3) is 8.54. The summed E-state index contributed by atoms with van der Waals surface area (Å²) in [6.07, 6.45) is -10.5. The Morgan fingerprint density at radius 2 is 1.37 bits per heavy atom. The van der Waals surface area contributed by atoms with Crippen LogP contribution in [0.25, 0.3) is 0 Å². The summed E-state index contributed by atoms with van der Waals surface area (Å²) in [6.45, 7) is 8.63. The molecule has 0 bridgehead atoms. The molecule has 0 aliphatic carbocycles. The van der Waals surface area contributed by atoms with Crippen molar-refractivity contribution in [2.45, 2.75) is 83.9 Å². The number of hydrogen-bond donors (Lipinski definition) is 3. The molecule has 0 aliphatic heterocycles. The Hall–Kier alpha value is -2.95. The van der Waals surface area contributed by atoms with E-state index in [2.05, 4.69) is 4.74 Å². The average molecular weight is 553 g/mol. The first-order valence-corrected chi connectivity index (χ1v) is 11.9. The number of ether oxygens (including phenoxy) is 1. The maximum absolute atomic E-state index is 12.6. The molecule has 5 atom stereocenters. The predicted octanol–water partition coefficient (Wildman–Crippen LogP) is 7.30. The highest BCUT2D eigenvalue weighted by atomic mass is 19.4. The van der Waals surface area contributed by atoms with E-state index in [0.29, 0.717) is 11.5 Å². The van der Waals surface area contributed by atoms with Crippen molar-refractivity contribution in [1.29, 1.82) is 0 Å². The summed E-state index contributed by atoms with van der Waals surface area (Å²) in [7, 11) is 0. The van der Waals surface area contributed by atoms with Crippen molar-refractivity contribution in [2.24, 2.45) is 5.92 Å². The summed E-state index contributed by atoms with van der Waals surface area (Å²) in [6, 6.07) is 9.96. The van der Waals surface area contributed by atoms with Crippen LogP contribution in [0.2, 0.25) is 0 Å². The smallest absolute Gasteiger partial charge is 0.425 e. The van der Waals surface area contributed by atoms with Crippen molar-refractivity contribution in [1.82, 2.24) is 0 Å². The molecule has 0 saturated heterocycles. The fraction of sp³-hybridized carbons (Fsp3) is 0.519. The Morgan fingerprint density at radius 1 is 0.868 bits per heavy atom. The summed E-state index contributed by atoms with van der Waals surface area (Å²) >= 11 is 0. The van der Waals surface area contributed by atoms with Gasteiger partial charge in [0.1, 0.15) is 0 Å². The molecule has 0 amide bonds. The van der Waals surface area contributed by atoms with E-state index in [1.54, 1.807) is 19.1 Å². The molecule has 5 nitrogen and oxygen atoms in total. The number of rotatable bonds is 7. The van der Waals surface area contributed by atoms with Crippen molar-refractivity contribution in [3.63, 3.8) is 0 Å². The van der Waals surface area contributed by atoms with Gasteiger partial charge in [0, 0.05) is 0 Å². The van der Waals surface area contributed by atoms with Crippen LogP contribution in [0.15, 0.2) is 42.5 Å². The average Bonchev–Trinajstić information content (AvgIpc) is 2.83. The van der Waals surface area contributed by atoms with Crippen LogP contribution in [0.1, 0.15) is 76.5 Å². The molecule has 5 unspecified atom stereocenters. The van der Waals surface area contributed by atoms with Crippen molar-refractivity contribution >= 4 is 5.97 Å². The lowest BCUT2D eigenvalue weighted by molar-refractivity contribution is -0.258. The number of esters is 1. The minimum Gasteiger partial charge on any atom is -0.504 e. The van der Waals surface area contributed by atoms with Crippen LogP contribution in [0, 0.1) is 5.92 Å². The second-order valence-corrected chi connectivity index (χ2v) is 9.45. The fourth-order valence-electron chi connectivity index (χ4n) is 3.20. The molecule has 3 N–H and O–H groups in total. The Bertz CT molecular complexity index is 1050. The van der Waals surface area contributed by atoms with E-state index in [1.807, 2.05) is 13.8 Å². The summed E-state index contributed by atoms with van der Waals surface area (Å²) in [5.74, 6) is -2.65. The Morgan fingerprint density at radius 3 is 1.79 bits per heavy atom. The minimum absolute atomic E-state index is 0.128. The largest absolute Gasteiger partial charge is 0.504 e. The van der Waals surface area contributed by atoms with Crippen LogP contribution in [0.4, 0.5) is 26.3 Å². The van der Waals surface area contributed by atoms with Crippen molar-refractivity contribution < 1.29 is 51.2 Å². The van der Waals surface area contributed by atoms with Gasteiger partial charge in [0.25, 0.3) is 0 Å². The first-order valence-electron chi connectivity index (χ1n) is 11.9. The summed E-state index contributed by atoms with van der Waals surface area (Å²) in [5.41, 5.74) is -1.43. The van der Waals surface area contributed by atoms with E-state index in [1.165, 1.54) is 37.3 Å². The van der Waals surface area contributed by atoms with Crippen LogP contribution < -0.4 is 0 Å². The lowest BCUT2D eigenvalue weighted by Crippen LogP contribution is -2.39. The van der Waals surface area contributed by atoms with Crippen LogP contribution in [0.3, 0.4) is 0 Å². The van der Waals surface area contributed by atoms with Crippen molar-refractivity contribution in [2.75, 3.05) is 0 Å². The van der Waals surface area contributed by atoms with Crippen LogP contribution in [0.5, 0.6) is 11.5 Å². The van der Waals surface area contributed by atoms with Gasteiger partial charge in [-0.25, -0.2) is 0 Å². The SMILES string of the molecule is CC(C(=O)OC(C)C(F)(F)F)C(C)c1ccc(O)c(O)c1.CCC(C)c1ccc(C(C)(O)C(F)(F)F)cc1. The van der Waals surface area contributed by atoms with Gasteiger partial charge in [-0.15, -0.1) is 0 Å². The molecular formula is C27H34F6O5. The summed E-state index contributed by atoms with van der Waals surface area (Å²) in [5, 5.41) is 28.1. The summed E-state index contributed by atoms with van der Waals surface area (Å²) in [4.78, 5) is 11.7. The van der Waals surface area contributed by atoms with E-state index < -0.39 is 41.9 Å². The Balaban J connectivity index is 0.000000389. The number of phenolic OH excluding ortho intramolecular Hbond substituents is 2. The molecule has 0 aromatic heterocycles. The number of aromatic hydroxyl groups is 2. The second kappa shape index (κ2) is 12.7. The lowest BCUT2D eigenvalue weighted by atomic mass is 9.89. The van der Waals surface area contributed by atoms with Gasteiger partial charge in [-0.05, 0) is 60.9 Å². The van der Waals surface area contributed by atoms with Gasteiger partial charge in [0.05, 0.1) is 5.92 Å². The van der Waals surface area contributed by atoms with E-state index >= 15 is 0 Å². The van der Waals surface area contributed by atoms with E-state index in [9.17, 15) is 46.5 Å². The van der Waals surface area contributed by atoms with Crippen LogP contribution in [-0.4, -0.2) is 39.7 Å². The number of carbonyl (C=O) groups is 1. The molecule has 0 fully saturated rings. The second-order valence-electron chi connectivity index (χ2n) is 9.45. The zero-order valence-electron chi connectivity index (χ0n) is 22.0. The molecule has 11 heteroatoms. The standard InChI is InChI=1S/C14H17F3O4.C13H17F3O/c1-7(10-4-5-11(18)12(19)6-10)8(2)13(20)21-9(3)14(15,16)17;1-4-9(2)10-5-7-11(8-6-10)12(3,17)13(14,15)16/h4-9,18-19H,1-3H3;5-9,17H,4H2,1-3H3. The van der Waals surface area contributed by atoms with Gasteiger partial charge >= 0.3 is 18.3 Å². The first kappa shape index (κ1) is 33.1. The van der Waals surface area contributed by atoms with Gasteiger partial charge in [-0.3, -0.25) is 4.79 Å². The number of benzene rings is 2. The van der Waals surface area contributed by atoms with E-state index in [4.69, 9.17) is 0 Å². The maximum Gasteiger partial charge on any atom is 0.425 e. The van der Waals surface area contributed by atoms with Crippen molar-refractivity contribution in [3.8, 4) is 11.5 Å². The molecule has 2 rings (SSSR count). The van der Waals surface area contributed by atoms with Gasteiger partial charge in [-0.2, -0.15) is 26.3 Å². The third-order valence-electron chi connectivity index (χ3n) is 6.61. The number of hydrogen-bond acceptors (Lipinski definition) is 5. The monoisotopic (exact) mass is 552 g/mol. The Labute approximate surface area is 218 Å². The molecule has 0 spiro atoms. The molecular weight excluding hydrogens is 518 g/mol. The van der Waals surface area contributed by atoms with Gasteiger partial charge in [0.15, 0.2) is 23.2 Å². The van der Waals surface area contributed by atoms with Crippen LogP contribution >= 0.6 is 0 Å². The zero-order chi connectivity index (χ0) is 29.6. The minimum atomic E-state index is -4.66. The number of alkyl halides is 6. The molecule has 0 radical (unpaired) electrons. The lowest BCUT2D eigenvalue weighted by Gasteiger charge is -2.27. The normalized spacial score (nSPS) is 16.8. The predicted molar refractivity (Wildman–Crippen MR) is 130 cm³/mol. The maximum atomic E-state index is 12.6. The number of carbonyl (C=O) groups excluding carboxylic acids is 1. The van der Waals surface area contributed by atoms with Gasteiger partial charge in [0.2, 0.25) is 0 Å². The molecule has 0 saturated carbocycles. The molecule has 214 valence electrons. The molecule has 0 aliphatic rings. The number of aliphatic hydroxyl groups is 1. The van der Waals surface area contributed by atoms with Gasteiger partial charge in [-0.1, -0.05) is 58.0 Å². The zero-order valence-corrected chi connectivity index (χ0v) is 22.0. The van der Waals surface area contributed by atoms with Gasteiger partial charge < -0.3 is 20.1 Å². The molecule has 2 aromatic carbocycles. The van der Waals surface area contributed by atoms with E-state index in [-0.39, 0.29) is 17.1 Å². The summed E-state index contributed by atoms with van der Waals surface area (Å²) < 4.78 is 79.2. The van der Waals surface area contributed by atoms with Crippen LogP contribution in [-0.2, 0) is 15.1 Å². The molecule has 38 heavy (non-hydrogen) atoms. The molecule has 0 heterocycles. The van der Waals surface area contributed by atoms with E-state index in [0.717, 1.165) is 25.8 Å². The quantitative estimate of drug-likeness (QED) is 0.191. The third-order valence-corrected chi connectivity index (χ3v) is 6.61. The number of phenols is 2. The fourth-order valence-corrected chi connectivity index (χ4v) is 3.20. The molecule has 2 aromatic rings. The first-order chi connectivity index (χ1) is 17.2.